The van der Waals surface area contributed by atoms with Gasteiger partial charge in [-0.1, -0.05) is 18.2 Å². The number of hydrogen-bond donors (Lipinski definition) is 1. The van der Waals surface area contributed by atoms with Crippen LogP contribution in [0.3, 0.4) is 0 Å². The van der Waals surface area contributed by atoms with Crippen LogP contribution in [0, 0.1) is 0 Å². The molecule has 150 valence electrons. The Bertz CT molecular complexity index is 993. The van der Waals surface area contributed by atoms with Gasteiger partial charge in [0.1, 0.15) is 5.75 Å². The van der Waals surface area contributed by atoms with Crippen LogP contribution in [0.4, 0.5) is 0 Å². The van der Waals surface area contributed by atoms with Crippen LogP contribution in [0.2, 0.25) is 0 Å². The zero-order chi connectivity index (χ0) is 20.2. The van der Waals surface area contributed by atoms with E-state index in [9.17, 15) is 4.79 Å². The van der Waals surface area contributed by atoms with E-state index >= 15 is 0 Å². The average Bonchev–Trinajstić information content (AvgIpc) is 3.26. The van der Waals surface area contributed by atoms with Gasteiger partial charge in [0.2, 0.25) is 0 Å². The van der Waals surface area contributed by atoms with Gasteiger partial charge in [0.05, 0.1) is 23.4 Å². The second kappa shape index (κ2) is 8.76. The summed E-state index contributed by atoms with van der Waals surface area (Å²) in [6, 6.07) is 16.0. The number of likely N-dealkylation sites (tertiary alicyclic amines) is 1. The molecule has 0 radical (unpaired) electrons. The van der Waals surface area contributed by atoms with Crippen molar-refractivity contribution in [3.63, 3.8) is 0 Å². The number of benzene rings is 1. The van der Waals surface area contributed by atoms with Crippen LogP contribution >= 0.6 is 11.3 Å². The quantitative estimate of drug-likeness (QED) is 0.685. The maximum Gasteiger partial charge on any atom is 0.261 e. The molecule has 0 unspecified atom stereocenters. The smallest absolute Gasteiger partial charge is 0.261 e. The molecule has 0 bridgehead atoms. The Morgan fingerprint density at radius 2 is 1.83 bits per heavy atom. The Kier molecular flexibility index (Phi) is 5.92. The number of nitrogens with zero attached hydrogens (tertiary/aromatic N) is 2. The van der Waals surface area contributed by atoms with Gasteiger partial charge in [0, 0.05) is 22.5 Å². The lowest BCUT2D eigenvalue weighted by Gasteiger charge is -2.29. The minimum absolute atomic E-state index is 0.0137. The van der Waals surface area contributed by atoms with Crippen LogP contribution in [-0.2, 0) is 0 Å². The molecule has 5 nitrogen and oxygen atoms in total. The van der Waals surface area contributed by atoms with Crippen LogP contribution in [0.25, 0.3) is 22.5 Å². The lowest BCUT2D eigenvalue weighted by molar-refractivity contribution is 0.0921. The number of aromatic nitrogens is 1. The zero-order valence-electron chi connectivity index (χ0n) is 16.7. The first-order valence-corrected chi connectivity index (χ1v) is 10.7. The molecule has 0 atom stereocenters. The first-order chi connectivity index (χ1) is 14.1. The Balaban J connectivity index is 1.50. The number of hydrogen-bond acceptors (Lipinski definition) is 5. The van der Waals surface area contributed by atoms with E-state index in [-0.39, 0.29) is 11.9 Å². The van der Waals surface area contributed by atoms with Gasteiger partial charge in [0.15, 0.2) is 0 Å². The summed E-state index contributed by atoms with van der Waals surface area (Å²) in [6.07, 6.45) is 2.01. The zero-order valence-corrected chi connectivity index (χ0v) is 17.5. The Hall–Kier alpha value is -2.70. The first-order valence-electron chi connectivity index (χ1n) is 9.82. The number of pyridine rings is 1. The fourth-order valence-electron chi connectivity index (χ4n) is 3.54. The maximum atomic E-state index is 12.6. The summed E-state index contributed by atoms with van der Waals surface area (Å²) in [4.78, 5) is 20.5. The maximum absolute atomic E-state index is 12.6. The van der Waals surface area contributed by atoms with Gasteiger partial charge in [-0.25, -0.2) is 4.98 Å². The van der Waals surface area contributed by atoms with E-state index in [1.807, 2.05) is 53.9 Å². The largest absolute Gasteiger partial charge is 0.497 e. The van der Waals surface area contributed by atoms with Gasteiger partial charge in [-0.15, -0.1) is 11.3 Å². The van der Waals surface area contributed by atoms with Crippen molar-refractivity contribution >= 4 is 17.2 Å². The molecule has 6 heteroatoms. The third-order valence-corrected chi connectivity index (χ3v) is 6.22. The van der Waals surface area contributed by atoms with Crippen molar-refractivity contribution < 1.29 is 9.53 Å². The topological polar surface area (TPSA) is 54.5 Å². The summed E-state index contributed by atoms with van der Waals surface area (Å²) in [5, 5.41) is 5.18. The van der Waals surface area contributed by atoms with Crippen molar-refractivity contribution in [3.8, 4) is 28.3 Å². The van der Waals surface area contributed by atoms with Crippen molar-refractivity contribution in [3.05, 3.63) is 58.8 Å². The molecule has 2 aromatic heterocycles. The van der Waals surface area contributed by atoms with E-state index in [4.69, 9.17) is 9.72 Å². The number of nitrogens with one attached hydrogen (secondary N) is 1. The predicted molar refractivity (Wildman–Crippen MR) is 118 cm³/mol. The van der Waals surface area contributed by atoms with Crippen molar-refractivity contribution in [1.29, 1.82) is 0 Å². The van der Waals surface area contributed by atoms with Gasteiger partial charge >= 0.3 is 0 Å². The number of ether oxygens (including phenoxy) is 1. The highest BCUT2D eigenvalue weighted by molar-refractivity contribution is 7.12. The van der Waals surface area contributed by atoms with Crippen molar-refractivity contribution in [2.24, 2.45) is 0 Å². The second-order valence-electron chi connectivity index (χ2n) is 7.39. The lowest BCUT2D eigenvalue weighted by Crippen LogP contribution is -2.43. The van der Waals surface area contributed by atoms with Gasteiger partial charge in [-0.2, -0.15) is 0 Å². The molecule has 3 heterocycles. The molecule has 1 aliphatic heterocycles. The van der Waals surface area contributed by atoms with E-state index in [0.29, 0.717) is 0 Å². The van der Waals surface area contributed by atoms with Gasteiger partial charge in [0.25, 0.3) is 5.91 Å². The van der Waals surface area contributed by atoms with E-state index in [0.717, 1.165) is 59.1 Å². The number of amides is 1. The number of carbonyl (C=O) groups excluding carboxylic acids is 1. The normalized spacial score (nSPS) is 15.2. The highest BCUT2D eigenvalue weighted by atomic mass is 32.1. The highest BCUT2D eigenvalue weighted by Gasteiger charge is 2.20. The summed E-state index contributed by atoms with van der Waals surface area (Å²) in [5.74, 6) is 0.817. The first kappa shape index (κ1) is 19.6. The number of carbonyl (C=O) groups is 1. The molecule has 1 fully saturated rings. The summed E-state index contributed by atoms with van der Waals surface area (Å²) in [6.45, 7) is 2.06. The third kappa shape index (κ3) is 4.66. The van der Waals surface area contributed by atoms with Gasteiger partial charge in [-0.05, 0) is 63.3 Å². The molecule has 1 amide bonds. The Morgan fingerprint density at radius 3 is 2.59 bits per heavy atom. The predicted octanol–water partition coefficient (Wildman–Crippen LogP) is 4.31. The molecular formula is C23H25N3O2S. The average molecular weight is 408 g/mol. The minimum atomic E-state index is 0.0137. The van der Waals surface area contributed by atoms with Crippen LogP contribution in [0.5, 0.6) is 5.75 Å². The molecule has 29 heavy (non-hydrogen) atoms. The minimum Gasteiger partial charge on any atom is -0.497 e. The summed E-state index contributed by atoms with van der Waals surface area (Å²) >= 11 is 1.47. The van der Waals surface area contributed by atoms with Crippen molar-refractivity contribution in [1.82, 2.24) is 15.2 Å². The van der Waals surface area contributed by atoms with E-state index < -0.39 is 0 Å². The molecule has 1 N–H and O–H groups in total. The number of methoxy groups -OCH3 is 1. The summed E-state index contributed by atoms with van der Waals surface area (Å²) < 4.78 is 5.32. The fourth-order valence-corrected chi connectivity index (χ4v) is 4.34. The molecular weight excluding hydrogens is 382 g/mol. The summed E-state index contributed by atoms with van der Waals surface area (Å²) in [7, 11) is 3.78. The van der Waals surface area contributed by atoms with E-state index in [1.54, 1.807) is 7.11 Å². The molecule has 1 aromatic carbocycles. The number of rotatable bonds is 5. The number of piperidine rings is 1. The van der Waals surface area contributed by atoms with Crippen LogP contribution in [0.1, 0.15) is 22.5 Å². The van der Waals surface area contributed by atoms with Crippen molar-refractivity contribution in [2.45, 2.75) is 18.9 Å². The van der Waals surface area contributed by atoms with Crippen LogP contribution < -0.4 is 10.1 Å². The monoisotopic (exact) mass is 407 g/mol. The molecule has 3 aromatic rings. The second-order valence-corrected chi connectivity index (χ2v) is 8.30. The number of thiophene rings is 1. The molecule has 0 spiro atoms. The van der Waals surface area contributed by atoms with E-state index in [1.165, 1.54) is 11.3 Å². The van der Waals surface area contributed by atoms with E-state index in [2.05, 4.69) is 17.3 Å². The molecule has 0 saturated carbocycles. The van der Waals surface area contributed by atoms with Gasteiger partial charge in [-0.3, -0.25) is 4.79 Å². The van der Waals surface area contributed by atoms with Gasteiger partial charge < -0.3 is 15.0 Å². The fraction of sp³-hybridized carbons (Fsp3) is 0.304. The molecule has 4 rings (SSSR count). The Morgan fingerprint density at radius 1 is 1.10 bits per heavy atom. The highest BCUT2D eigenvalue weighted by Crippen LogP contribution is 2.28. The Labute approximate surface area is 175 Å². The molecule has 0 aliphatic carbocycles. The molecule has 1 saturated heterocycles. The summed E-state index contributed by atoms with van der Waals surface area (Å²) in [5.41, 5.74) is 3.71. The standard InChI is InChI=1S/C23H25N3O2S/c1-26-11-9-18(10-12-26)24-23(27)22-14-17(15-29-22)21-8-4-7-20(25-21)16-5-3-6-19(13-16)28-2/h3-8,13-15,18H,9-12H2,1-2H3,(H,24,27). The van der Waals surface area contributed by atoms with Crippen LogP contribution in [0.15, 0.2) is 53.9 Å². The van der Waals surface area contributed by atoms with Crippen molar-refractivity contribution in [2.75, 3.05) is 27.2 Å². The third-order valence-electron chi connectivity index (χ3n) is 5.29. The molecule has 1 aliphatic rings. The van der Waals surface area contributed by atoms with Crippen LogP contribution in [-0.4, -0.2) is 49.1 Å². The SMILES string of the molecule is COc1cccc(-c2cccc(-c3csc(C(=O)NC4CCN(C)CC4)c3)n2)c1. The lowest BCUT2D eigenvalue weighted by atomic mass is 10.1.